The predicted octanol–water partition coefficient (Wildman–Crippen LogP) is 6.15. The number of benzene rings is 3. The molecule has 37 heavy (non-hydrogen) atoms. The Bertz CT molecular complexity index is 1740. The van der Waals surface area contributed by atoms with Gasteiger partial charge >= 0.3 is 6.18 Å². The van der Waals surface area contributed by atoms with Crippen LogP contribution in [0.25, 0.3) is 33.9 Å². The third-order valence-corrected chi connectivity index (χ3v) is 6.55. The molecule has 0 spiro atoms. The standard InChI is InChI=1S/C28H20F3N5O/c1-15-34-24-8-7-22(13-25(24)35-15)36-27(32)23(14-33-36)26(37)20-10-18-6-5-17(9-19(18)11-20)16-3-2-4-21(12-16)28(29,30)31/h2-10,12-14H,11,32H2,1H3,(H,34,35). The largest absolute Gasteiger partial charge is 0.416 e. The number of rotatable bonds is 4. The average molecular weight is 499 g/mol. The molecule has 2 aromatic heterocycles. The molecule has 5 aromatic rings. The second-order valence-corrected chi connectivity index (χ2v) is 9.05. The molecular weight excluding hydrogens is 479 g/mol. The lowest BCUT2D eigenvalue weighted by molar-refractivity contribution is -0.137. The topological polar surface area (TPSA) is 89.6 Å². The van der Waals surface area contributed by atoms with Gasteiger partial charge in [-0.2, -0.15) is 18.3 Å². The van der Waals surface area contributed by atoms with Crippen LogP contribution in [0, 0.1) is 6.92 Å². The molecule has 0 atom stereocenters. The minimum absolute atomic E-state index is 0.224. The van der Waals surface area contributed by atoms with E-state index in [4.69, 9.17) is 5.73 Å². The number of anilines is 1. The van der Waals surface area contributed by atoms with E-state index in [1.165, 1.54) is 16.9 Å². The number of allylic oxidation sites excluding steroid dienone is 1. The minimum atomic E-state index is -4.42. The Morgan fingerprint density at radius 1 is 1.05 bits per heavy atom. The summed E-state index contributed by atoms with van der Waals surface area (Å²) in [6, 6.07) is 16.2. The number of ketones is 1. The summed E-state index contributed by atoms with van der Waals surface area (Å²) in [7, 11) is 0. The fourth-order valence-corrected chi connectivity index (χ4v) is 4.71. The van der Waals surface area contributed by atoms with Crippen LogP contribution in [-0.4, -0.2) is 25.5 Å². The summed E-state index contributed by atoms with van der Waals surface area (Å²) in [6.45, 7) is 1.87. The van der Waals surface area contributed by atoms with Gasteiger partial charge in [0.25, 0.3) is 0 Å². The first kappa shape index (κ1) is 22.8. The van der Waals surface area contributed by atoms with Gasteiger partial charge in [0.15, 0.2) is 5.78 Å². The number of carbonyl (C=O) groups excluding carboxylic acids is 1. The normalized spacial score (nSPS) is 13.1. The molecule has 1 aliphatic rings. The summed E-state index contributed by atoms with van der Waals surface area (Å²) < 4.78 is 41.0. The van der Waals surface area contributed by atoms with Crippen molar-refractivity contribution in [3.63, 3.8) is 0 Å². The van der Waals surface area contributed by atoms with Gasteiger partial charge in [0.1, 0.15) is 11.6 Å². The predicted molar refractivity (Wildman–Crippen MR) is 135 cm³/mol. The number of hydrogen-bond acceptors (Lipinski definition) is 4. The highest BCUT2D eigenvalue weighted by Crippen LogP contribution is 2.35. The number of imidazole rings is 1. The molecule has 3 N–H and O–H groups in total. The third-order valence-electron chi connectivity index (χ3n) is 6.55. The second kappa shape index (κ2) is 8.19. The molecule has 0 saturated carbocycles. The van der Waals surface area contributed by atoms with Gasteiger partial charge in [-0.05, 0) is 65.6 Å². The van der Waals surface area contributed by atoms with E-state index in [0.717, 1.165) is 40.1 Å². The summed E-state index contributed by atoms with van der Waals surface area (Å²) in [5.74, 6) is 0.779. The van der Waals surface area contributed by atoms with Crippen LogP contribution in [0.4, 0.5) is 19.0 Å². The summed E-state index contributed by atoms with van der Waals surface area (Å²) >= 11 is 0. The van der Waals surface area contributed by atoms with Crippen molar-refractivity contribution in [1.82, 2.24) is 19.7 Å². The van der Waals surface area contributed by atoms with Gasteiger partial charge in [0.2, 0.25) is 0 Å². The first-order valence-corrected chi connectivity index (χ1v) is 11.5. The molecule has 0 amide bonds. The first-order chi connectivity index (χ1) is 17.7. The van der Waals surface area contributed by atoms with Crippen LogP contribution < -0.4 is 5.73 Å². The number of nitrogen functional groups attached to an aromatic ring is 1. The molecule has 184 valence electrons. The number of nitrogens with two attached hydrogens (primary N) is 1. The number of aromatic nitrogens is 4. The molecule has 0 saturated heterocycles. The van der Waals surface area contributed by atoms with Crippen molar-refractivity contribution < 1.29 is 18.0 Å². The molecular formula is C28H20F3N5O. The molecule has 6 rings (SSSR count). The van der Waals surface area contributed by atoms with E-state index >= 15 is 0 Å². The van der Waals surface area contributed by atoms with Crippen LogP contribution in [0.1, 0.15) is 32.9 Å². The van der Waals surface area contributed by atoms with Crippen LogP contribution in [-0.2, 0) is 12.6 Å². The SMILES string of the molecule is Cc1nc2ccc(-n3ncc(C(=O)C4=Cc5ccc(-c6cccc(C(F)(F)F)c6)cc5C4)c3N)cc2[nH]1. The summed E-state index contributed by atoms with van der Waals surface area (Å²) in [5.41, 5.74) is 11.7. The van der Waals surface area contributed by atoms with Gasteiger partial charge in [0.05, 0.1) is 34.0 Å². The van der Waals surface area contributed by atoms with E-state index in [2.05, 4.69) is 15.1 Å². The van der Waals surface area contributed by atoms with Crippen LogP contribution in [0.3, 0.4) is 0 Å². The third kappa shape index (κ3) is 3.98. The number of aromatic amines is 1. The van der Waals surface area contributed by atoms with Gasteiger partial charge in [-0.15, -0.1) is 0 Å². The fourth-order valence-electron chi connectivity index (χ4n) is 4.71. The molecule has 1 aliphatic carbocycles. The zero-order valence-electron chi connectivity index (χ0n) is 19.6. The van der Waals surface area contributed by atoms with Gasteiger partial charge in [0, 0.05) is 12.0 Å². The lowest BCUT2D eigenvalue weighted by Gasteiger charge is -2.10. The highest BCUT2D eigenvalue weighted by molar-refractivity contribution is 6.15. The van der Waals surface area contributed by atoms with Gasteiger partial charge in [-0.3, -0.25) is 4.79 Å². The maximum absolute atomic E-state index is 13.4. The van der Waals surface area contributed by atoms with Crippen molar-refractivity contribution in [2.45, 2.75) is 19.5 Å². The Balaban J connectivity index is 1.26. The monoisotopic (exact) mass is 499 g/mol. The second-order valence-electron chi connectivity index (χ2n) is 9.05. The van der Waals surface area contributed by atoms with Gasteiger partial charge < -0.3 is 10.7 Å². The summed E-state index contributed by atoms with van der Waals surface area (Å²) in [5, 5.41) is 4.34. The van der Waals surface area contributed by atoms with Crippen molar-refractivity contribution >= 4 is 28.7 Å². The van der Waals surface area contributed by atoms with E-state index in [1.54, 1.807) is 18.2 Å². The summed E-state index contributed by atoms with van der Waals surface area (Å²) in [6.07, 6.45) is -0.811. The molecule has 0 bridgehead atoms. The molecule has 0 fully saturated rings. The quantitative estimate of drug-likeness (QED) is 0.290. The number of halogens is 3. The van der Waals surface area contributed by atoms with Crippen LogP contribution in [0.5, 0.6) is 0 Å². The zero-order valence-corrected chi connectivity index (χ0v) is 19.6. The highest BCUT2D eigenvalue weighted by atomic mass is 19.4. The molecule has 0 unspecified atom stereocenters. The highest BCUT2D eigenvalue weighted by Gasteiger charge is 2.30. The number of Topliss-reactive ketones (excluding diaryl/α,β-unsaturated/α-hetero) is 1. The number of nitrogens with zero attached hydrogens (tertiary/aromatic N) is 3. The Hall–Kier alpha value is -4.66. The van der Waals surface area contributed by atoms with Gasteiger partial charge in [-0.1, -0.05) is 30.3 Å². The van der Waals surface area contributed by atoms with Crippen molar-refractivity contribution in [3.05, 3.63) is 101 Å². The lowest BCUT2D eigenvalue weighted by atomic mass is 9.98. The Morgan fingerprint density at radius 3 is 2.68 bits per heavy atom. The van der Waals surface area contributed by atoms with Crippen LogP contribution in [0.15, 0.2) is 72.4 Å². The number of hydrogen-bond donors (Lipinski definition) is 2. The van der Waals surface area contributed by atoms with Crippen LogP contribution >= 0.6 is 0 Å². The van der Waals surface area contributed by atoms with Crippen molar-refractivity contribution in [2.75, 3.05) is 5.73 Å². The van der Waals surface area contributed by atoms with E-state index in [1.807, 2.05) is 37.3 Å². The maximum Gasteiger partial charge on any atom is 0.416 e. The number of fused-ring (bicyclic) bond motifs is 2. The Morgan fingerprint density at radius 2 is 1.86 bits per heavy atom. The van der Waals surface area contributed by atoms with E-state index in [0.29, 0.717) is 28.8 Å². The molecule has 3 aromatic carbocycles. The number of alkyl halides is 3. The number of aryl methyl sites for hydroxylation is 1. The smallest absolute Gasteiger partial charge is 0.383 e. The van der Waals surface area contributed by atoms with Crippen LogP contribution in [0.2, 0.25) is 0 Å². The Labute approximate surface area is 209 Å². The zero-order chi connectivity index (χ0) is 25.9. The number of carbonyl (C=O) groups is 1. The number of H-pyrrole nitrogens is 1. The average Bonchev–Trinajstić information content (AvgIpc) is 3.57. The lowest BCUT2D eigenvalue weighted by Crippen LogP contribution is -2.08. The summed E-state index contributed by atoms with van der Waals surface area (Å²) in [4.78, 5) is 20.9. The van der Waals surface area contributed by atoms with Crippen molar-refractivity contribution in [3.8, 4) is 16.8 Å². The molecule has 0 aliphatic heterocycles. The first-order valence-electron chi connectivity index (χ1n) is 11.5. The minimum Gasteiger partial charge on any atom is -0.383 e. The Kier molecular flexibility index (Phi) is 5.04. The molecule has 6 nitrogen and oxygen atoms in total. The van der Waals surface area contributed by atoms with Gasteiger partial charge in [-0.25, -0.2) is 9.67 Å². The molecule has 9 heteroatoms. The van der Waals surface area contributed by atoms with Crippen molar-refractivity contribution in [2.24, 2.45) is 0 Å². The maximum atomic E-state index is 13.4. The fraction of sp³-hybridized carbons (Fsp3) is 0.107. The molecule has 2 heterocycles. The van der Waals surface area contributed by atoms with E-state index < -0.39 is 11.7 Å². The van der Waals surface area contributed by atoms with E-state index in [-0.39, 0.29) is 17.2 Å². The number of nitrogens with one attached hydrogen (secondary N) is 1. The van der Waals surface area contributed by atoms with Crippen molar-refractivity contribution in [1.29, 1.82) is 0 Å². The van der Waals surface area contributed by atoms with E-state index in [9.17, 15) is 18.0 Å². The molecule has 0 radical (unpaired) electrons.